The third-order valence-electron chi connectivity index (χ3n) is 1.94. The number of hydrogen-bond donors (Lipinski definition) is 3. The molecule has 5 nitrogen and oxygen atoms in total. The maximum Gasteiger partial charge on any atom is 0.245 e. The largest absolute Gasteiger partial charge is 0.368 e. The van der Waals surface area contributed by atoms with Crippen molar-refractivity contribution in [2.75, 3.05) is 6.61 Å². The van der Waals surface area contributed by atoms with Gasteiger partial charge in [0.25, 0.3) is 0 Å². The summed E-state index contributed by atoms with van der Waals surface area (Å²) in [6.45, 7) is -0.0776. The Morgan fingerprint density at radius 2 is 2.33 bits per heavy atom. The van der Waals surface area contributed by atoms with Gasteiger partial charge in [0.15, 0.2) is 0 Å². The molecule has 1 saturated carbocycles. The van der Waals surface area contributed by atoms with Crippen molar-refractivity contribution in [2.24, 2.45) is 11.5 Å². The zero-order valence-electron chi connectivity index (χ0n) is 6.95. The first-order valence-corrected chi connectivity index (χ1v) is 4.09. The molecule has 0 radical (unpaired) electrons. The van der Waals surface area contributed by atoms with E-state index >= 15 is 0 Å². The van der Waals surface area contributed by atoms with E-state index in [1.807, 2.05) is 0 Å². The highest BCUT2D eigenvalue weighted by Gasteiger charge is 2.21. The van der Waals surface area contributed by atoms with Crippen LogP contribution in [0.5, 0.6) is 0 Å². The van der Waals surface area contributed by atoms with Crippen molar-refractivity contribution < 1.29 is 9.63 Å². The molecular formula is C7H15N3O2. The fraction of sp³-hybridized carbons (Fsp3) is 0.857. The van der Waals surface area contributed by atoms with Crippen molar-refractivity contribution in [3.8, 4) is 0 Å². The number of nitrogens with two attached hydrogens (primary N) is 2. The van der Waals surface area contributed by atoms with E-state index in [1.165, 1.54) is 0 Å². The van der Waals surface area contributed by atoms with E-state index in [-0.39, 0.29) is 18.7 Å². The highest BCUT2D eigenvalue weighted by Crippen LogP contribution is 2.16. The van der Waals surface area contributed by atoms with Crippen molar-refractivity contribution in [1.29, 1.82) is 0 Å². The first-order valence-electron chi connectivity index (χ1n) is 4.09. The van der Waals surface area contributed by atoms with Gasteiger partial charge >= 0.3 is 0 Å². The summed E-state index contributed by atoms with van der Waals surface area (Å²) in [6.07, 6.45) is 2.91. The average Bonchev–Trinajstić information content (AvgIpc) is 2.35. The Bertz CT molecular complexity index is 163. The second kappa shape index (κ2) is 4.39. The molecule has 1 amide bonds. The predicted octanol–water partition coefficient (Wildman–Crippen LogP) is -1.13. The number of amides is 1. The third-order valence-corrected chi connectivity index (χ3v) is 1.94. The lowest BCUT2D eigenvalue weighted by molar-refractivity contribution is -0.126. The molecule has 5 heteroatoms. The molecule has 1 aliphatic rings. The average molecular weight is 173 g/mol. The molecule has 0 aromatic heterocycles. The van der Waals surface area contributed by atoms with Gasteiger partial charge in [0.2, 0.25) is 5.91 Å². The molecule has 1 rings (SSSR count). The molecule has 2 unspecified atom stereocenters. The van der Waals surface area contributed by atoms with Crippen molar-refractivity contribution >= 4 is 5.91 Å². The Morgan fingerprint density at radius 3 is 2.83 bits per heavy atom. The summed E-state index contributed by atoms with van der Waals surface area (Å²) in [6, 6.07) is 0.541. The van der Waals surface area contributed by atoms with Crippen LogP contribution in [0.4, 0.5) is 0 Å². The van der Waals surface area contributed by atoms with Gasteiger partial charge in [-0.25, -0.2) is 0 Å². The lowest BCUT2D eigenvalue weighted by Gasteiger charge is -2.10. The van der Waals surface area contributed by atoms with Crippen LogP contribution in [0.3, 0.4) is 0 Å². The van der Waals surface area contributed by atoms with E-state index in [9.17, 15) is 4.79 Å². The molecular weight excluding hydrogens is 158 g/mol. The van der Waals surface area contributed by atoms with Gasteiger partial charge in [-0.3, -0.25) is 9.63 Å². The normalized spacial score (nSPS) is 29.1. The molecule has 5 N–H and O–H groups in total. The first kappa shape index (κ1) is 9.44. The van der Waals surface area contributed by atoms with E-state index in [2.05, 4.69) is 5.48 Å². The zero-order valence-corrected chi connectivity index (χ0v) is 6.95. The number of hydrogen-bond acceptors (Lipinski definition) is 4. The standard InChI is InChI=1S/C7H15N3O2/c8-5-1-2-6(3-5)10-12-4-7(9)11/h5-6,10H,1-4,8H2,(H2,9,11). The number of hydroxylamine groups is 1. The monoisotopic (exact) mass is 173 g/mol. The minimum absolute atomic E-state index is 0.0776. The van der Waals surface area contributed by atoms with Crippen molar-refractivity contribution in [3.63, 3.8) is 0 Å². The molecule has 0 spiro atoms. The highest BCUT2D eigenvalue weighted by atomic mass is 16.6. The van der Waals surface area contributed by atoms with Crippen LogP contribution in [0, 0.1) is 0 Å². The minimum Gasteiger partial charge on any atom is -0.368 e. The molecule has 0 saturated heterocycles. The molecule has 0 bridgehead atoms. The first-order chi connectivity index (χ1) is 5.68. The topological polar surface area (TPSA) is 90.4 Å². The van der Waals surface area contributed by atoms with Crippen molar-refractivity contribution in [3.05, 3.63) is 0 Å². The molecule has 0 aromatic carbocycles. The van der Waals surface area contributed by atoms with Crippen LogP contribution < -0.4 is 16.9 Å². The number of primary amides is 1. The molecule has 0 heterocycles. The van der Waals surface area contributed by atoms with Gasteiger partial charge < -0.3 is 11.5 Å². The summed E-state index contributed by atoms with van der Waals surface area (Å²) in [5.74, 6) is -0.468. The number of carbonyl (C=O) groups excluding carboxylic acids is 1. The van der Waals surface area contributed by atoms with Crippen molar-refractivity contribution in [2.45, 2.75) is 31.3 Å². The molecule has 0 aromatic rings. The number of rotatable bonds is 4. The van der Waals surface area contributed by atoms with Crippen LogP contribution in [-0.4, -0.2) is 24.6 Å². The highest BCUT2D eigenvalue weighted by molar-refractivity contribution is 5.74. The maximum atomic E-state index is 10.3. The smallest absolute Gasteiger partial charge is 0.245 e. The van der Waals surface area contributed by atoms with Crippen LogP contribution in [0.2, 0.25) is 0 Å². The minimum atomic E-state index is -0.468. The van der Waals surface area contributed by atoms with Gasteiger partial charge in [-0.1, -0.05) is 0 Å². The second-order valence-corrected chi connectivity index (χ2v) is 3.14. The molecule has 70 valence electrons. The van der Waals surface area contributed by atoms with Gasteiger partial charge in [0.1, 0.15) is 6.61 Å². The SMILES string of the molecule is NC(=O)CONC1CCC(N)C1. The van der Waals surface area contributed by atoms with Crippen LogP contribution in [0.1, 0.15) is 19.3 Å². The second-order valence-electron chi connectivity index (χ2n) is 3.14. The summed E-state index contributed by atoms with van der Waals surface area (Å²) in [5.41, 5.74) is 13.3. The van der Waals surface area contributed by atoms with Crippen molar-refractivity contribution in [1.82, 2.24) is 5.48 Å². The van der Waals surface area contributed by atoms with Crippen LogP contribution >= 0.6 is 0 Å². The van der Waals surface area contributed by atoms with E-state index in [1.54, 1.807) is 0 Å². The lowest BCUT2D eigenvalue weighted by atomic mass is 10.2. The summed E-state index contributed by atoms with van der Waals surface area (Å²) in [5, 5.41) is 0. The zero-order chi connectivity index (χ0) is 8.97. The number of nitrogens with one attached hydrogen (secondary N) is 1. The van der Waals surface area contributed by atoms with E-state index < -0.39 is 5.91 Å². The third kappa shape index (κ3) is 3.17. The Kier molecular flexibility index (Phi) is 3.46. The lowest BCUT2D eigenvalue weighted by Crippen LogP contribution is -2.32. The van der Waals surface area contributed by atoms with Gasteiger partial charge in [-0.05, 0) is 19.3 Å². The van der Waals surface area contributed by atoms with Gasteiger partial charge in [0.05, 0.1) is 0 Å². The summed E-state index contributed by atoms with van der Waals surface area (Å²) >= 11 is 0. The maximum absolute atomic E-state index is 10.3. The Balaban J connectivity index is 2.04. The molecule has 1 fully saturated rings. The fourth-order valence-electron chi connectivity index (χ4n) is 1.35. The summed E-state index contributed by atoms with van der Waals surface area (Å²) in [4.78, 5) is 15.1. The fourth-order valence-corrected chi connectivity index (χ4v) is 1.35. The molecule has 0 aliphatic heterocycles. The van der Waals surface area contributed by atoms with Crippen LogP contribution in [-0.2, 0) is 9.63 Å². The predicted molar refractivity (Wildman–Crippen MR) is 43.9 cm³/mol. The van der Waals surface area contributed by atoms with Gasteiger partial charge in [0, 0.05) is 12.1 Å². The van der Waals surface area contributed by atoms with Gasteiger partial charge in [-0.15, -0.1) is 0 Å². The van der Waals surface area contributed by atoms with E-state index in [0.717, 1.165) is 19.3 Å². The summed E-state index contributed by atoms with van der Waals surface area (Å²) in [7, 11) is 0. The van der Waals surface area contributed by atoms with Crippen LogP contribution in [0.15, 0.2) is 0 Å². The molecule has 1 aliphatic carbocycles. The van der Waals surface area contributed by atoms with Gasteiger partial charge in [-0.2, -0.15) is 5.48 Å². The Morgan fingerprint density at radius 1 is 1.58 bits per heavy atom. The Hall–Kier alpha value is -0.650. The number of carbonyl (C=O) groups is 1. The molecule has 12 heavy (non-hydrogen) atoms. The van der Waals surface area contributed by atoms with E-state index in [4.69, 9.17) is 16.3 Å². The van der Waals surface area contributed by atoms with Crippen LogP contribution in [0.25, 0.3) is 0 Å². The quantitative estimate of drug-likeness (QED) is 0.469. The Labute approximate surface area is 71.4 Å². The van der Waals surface area contributed by atoms with E-state index in [0.29, 0.717) is 0 Å². The molecule has 2 atom stereocenters. The summed E-state index contributed by atoms with van der Waals surface area (Å²) < 4.78 is 0.